The molecule has 0 spiro atoms. The van der Waals surface area contributed by atoms with Crippen LogP contribution in [0.2, 0.25) is 0 Å². The molecule has 1 atom stereocenters. The van der Waals surface area contributed by atoms with Crippen molar-refractivity contribution in [2.24, 2.45) is 0 Å². The molecule has 0 amide bonds. The van der Waals surface area contributed by atoms with Crippen LogP contribution in [-0.4, -0.2) is 27.0 Å². The highest BCUT2D eigenvalue weighted by Gasteiger charge is 2.17. The molecule has 1 aromatic carbocycles. The van der Waals surface area contributed by atoms with Gasteiger partial charge in [0.05, 0.1) is 5.75 Å². The summed E-state index contributed by atoms with van der Waals surface area (Å²) in [5.41, 5.74) is 2.20. The van der Waals surface area contributed by atoms with Crippen molar-refractivity contribution in [3.8, 4) is 0 Å². The van der Waals surface area contributed by atoms with Gasteiger partial charge in [-0.15, -0.1) is 0 Å². The van der Waals surface area contributed by atoms with Crippen LogP contribution in [0.4, 0.5) is 0 Å². The van der Waals surface area contributed by atoms with E-state index in [9.17, 15) is 8.42 Å². The summed E-state index contributed by atoms with van der Waals surface area (Å²) >= 11 is 0. The fourth-order valence-electron chi connectivity index (χ4n) is 1.86. The van der Waals surface area contributed by atoms with Gasteiger partial charge in [-0.25, -0.2) is 8.42 Å². The molecular weight excluding hydrogens is 234 g/mol. The van der Waals surface area contributed by atoms with E-state index in [1.807, 2.05) is 31.2 Å². The minimum absolute atomic E-state index is 0.105. The number of aryl methyl sites for hydroxylation is 1. The first-order chi connectivity index (χ1) is 7.94. The summed E-state index contributed by atoms with van der Waals surface area (Å²) in [6.07, 6.45) is 2.28. The summed E-state index contributed by atoms with van der Waals surface area (Å²) in [7, 11) is -2.98. The molecule has 17 heavy (non-hydrogen) atoms. The smallest absolute Gasteiger partial charge is 0.149 e. The Kier molecular flexibility index (Phi) is 5.15. The molecule has 96 valence electrons. The minimum atomic E-state index is -2.98. The Labute approximate surface area is 104 Å². The molecule has 0 fully saturated rings. The van der Waals surface area contributed by atoms with Gasteiger partial charge in [0.15, 0.2) is 0 Å². The maximum absolute atomic E-state index is 11.4. The predicted molar refractivity (Wildman–Crippen MR) is 71.9 cm³/mol. The molecule has 0 aliphatic rings. The van der Waals surface area contributed by atoms with Crippen molar-refractivity contribution >= 4 is 9.84 Å². The quantitative estimate of drug-likeness (QED) is 0.846. The molecule has 0 heterocycles. The first-order valence-corrected chi connectivity index (χ1v) is 7.96. The van der Waals surface area contributed by atoms with Crippen LogP contribution in [0.15, 0.2) is 24.3 Å². The van der Waals surface area contributed by atoms with Crippen LogP contribution < -0.4 is 5.32 Å². The Morgan fingerprint density at radius 2 is 1.94 bits per heavy atom. The average Bonchev–Trinajstić information content (AvgIpc) is 2.23. The molecule has 1 N–H and O–H groups in total. The Balaban J connectivity index is 2.94. The number of hydrogen-bond donors (Lipinski definition) is 1. The lowest BCUT2D eigenvalue weighted by atomic mass is 10.0. The van der Waals surface area contributed by atoms with Gasteiger partial charge in [0, 0.05) is 12.3 Å². The molecule has 1 rings (SSSR count). The van der Waals surface area contributed by atoms with E-state index in [1.165, 1.54) is 6.26 Å². The van der Waals surface area contributed by atoms with Crippen LogP contribution in [0.1, 0.15) is 30.5 Å². The lowest BCUT2D eigenvalue weighted by Crippen LogP contribution is -2.29. The normalized spacial score (nSPS) is 13.6. The van der Waals surface area contributed by atoms with Crippen molar-refractivity contribution in [3.05, 3.63) is 35.4 Å². The van der Waals surface area contributed by atoms with Crippen molar-refractivity contribution < 1.29 is 8.42 Å². The molecule has 3 nitrogen and oxygen atoms in total. The van der Waals surface area contributed by atoms with Crippen molar-refractivity contribution in [2.45, 2.75) is 26.3 Å². The first-order valence-electron chi connectivity index (χ1n) is 5.90. The van der Waals surface area contributed by atoms with Gasteiger partial charge in [-0.2, -0.15) is 0 Å². The van der Waals surface area contributed by atoms with E-state index >= 15 is 0 Å². The van der Waals surface area contributed by atoms with E-state index in [1.54, 1.807) is 0 Å². The highest BCUT2D eigenvalue weighted by Crippen LogP contribution is 2.18. The van der Waals surface area contributed by atoms with Gasteiger partial charge in [0.1, 0.15) is 9.84 Å². The zero-order valence-electron chi connectivity index (χ0n) is 10.7. The summed E-state index contributed by atoms with van der Waals surface area (Å²) in [6.45, 7) is 4.91. The molecule has 1 aromatic rings. The molecule has 0 aromatic heterocycles. The summed E-state index contributed by atoms with van der Waals surface area (Å²) in [5.74, 6) is 0.151. The van der Waals surface area contributed by atoms with E-state index < -0.39 is 9.84 Å². The van der Waals surface area contributed by atoms with Gasteiger partial charge in [-0.05, 0) is 31.0 Å². The molecule has 1 unspecified atom stereocenters. The molecular formula is C13H21NO2S. The standard InChI is InChI=1S/C13H21NO2S/c1-4-9-14-13(10-17(3,15)16)12-8-6-5-7-11(12)2/h5-8,13-14H,4,9-10H2,1-3H3. The Hall–Kier alpha value is -0.870. The number of hydrogen-bond acceptors (Lipinski definition) is 3. The van der Waals surface area contributed by atoms with Gasteiger partial charge >= 0.3 is 0 Å². The van der Waals surface area contributed by atoms with Crippen LogP contribution in [0.5, 0.6) is 0 Å². The van der Waals surface area contributed by atoms with E-state index in [2.05, 4.69) is 12.2 Å². The summed E-state index contributed by atoms with van der Waals surface area (Å²) < 4.78 is 22.9. The maximum Gasteiger partial charge on any atom is 0.149 e. The van der Waals surface area contributed by atoms with Crippen LogP contribution in [0.3, 0.4) is 0 Å². The monoisotopic (exact) mass is 255 g/mol. The molecule has 4 heteroatoms. The maximum atomic E-state index is 11.4. The highest BCUT2D eigenvalue weighted by atomic mass is 32.2. The Morgan fingerprint density at radius 3 is 2.47 bits per heavy atom. The van der Waals surface area contributed by atoms with Gasteiger partial charge in [-0.1, -0.05) is 31.2 Å². The largest absolute Gasteiger partial charge is 0.309 e. The highest BCUT2D eigenvalue weighted by molar-refractivity contribution is 7.90. The van der Waals surface area contributed by atoms with Crippen molar-refractivity contribution in [3.63, 3.8) is 0 Å². The topological polar surface area (TPSA) is 46.2 Å². The number of nitrogens with one attached hydrogen (secondary N) is 1. The Bertz CT molecular complexity index is 454. The minimum Gasteiger partial charge on any atom is -0.309 e. The summed E-state index contributed by atoms with van der Waals surface area (Å²) in [5, 5.41) is 3.30. The fraction of sp³-hybridized carbons (Fsp3) is 0.538. The fourth-order valence-corrected chi connectivity index (χ4v) is 2.76. The molecule has 0 radical (unpaired) electrons. The number of sulfone groups is 1. The zero-order chi connectivity index (χ0) is 12.9. The third-order valence-electron chi connectivity index (χ3n) is 2.67. The van der Waals surface area contributed by atoms with Gasteiger partial charge < -0.3 is 5.32 Å². The number of benzene rings is 1. The van der Waals surface area contributed by atoms with Gasteiger partial charge in [-0.3, -0.25) is 0 Å². The second-order valence-electron chi connectivity index (χ2n) is 4.46. The third kappa shape index (κ3) is 4.88. The predicted octanol–water partition coefficient (Wildman–Crippen LogP) is 2.08. The first kappa shape index (κ1) is 14.2. The van der Waals surface area contributed by atoms with Crippen molar-refractivity contribution in [2.75, 3.05) is 18.6 Å². The molecule has 0 saturated carbocycles. The number of rotatable bonds is 6. The van der Waals surface area contributed by atoms with E-state index in [0.717, 1.165) is 24.1 Å². The summed E-state index contributed by atoms with van der Waals surface area (Å²) in [4.78, 5) is 0. The molecule has 0 aliphatic carbocycles. The second kappa shape index (κ2) is 6.17. The van der Waals surface area contributed by atoms with E-state index in [4.69, 9.17) is 0 Å². The Morgan fingerprint density at radius 1 is 1.29 bits per heavy atom. The van der Waals surface area contributed by atoms with Gasteiger partial charge in [0.25, 0.3) is 0 Å². The third-order valence-corrected chi connectivity index (χ3v) is 3.61. The van der Waals surface area contributed by atoms with Crippen LogP contribution in [0, 0.1) is 6.92 Å². The second-order valence-corrected chi connectivity index (χ2v) is 6.64. The lowest BCUT2D eigenvalue weighted by Gasteiger charge is -2.20. The van der Waals surface area contributed by atoms with Gasteiger partial charge in [0.2, 0.25) is 0 Å². The molecule has 0 bridgehead atoms. The average molecular weight is 255 g/mol. The molecule has 0 saturated heterocycles. The van der Waals surface area contributed by atoms with Crippen LogP contribution in [-0.2, 0) is 9.84 Å². The molecule has 0 aliphatic heterocycles. The summed E-state index contributed by atoms with van der Waals surface area (Å²) in [6, 6.07) is 7.82. The van der Waals surface area contributed by atoms with Crippen LogP contribution in [0.25, 0.3) is 0 Å². The van der Waals surface area contributed by atoms with E-state index in [-0.39, 0.29) is 11.8 Å². The van der Waals surface area contributed by atoms with Crippen molar-refractivity contribution in [1.82, 2.24) is 5.32 Å². The van der Waals surface area contributed by atoms with E-state index in [0.29, 0.717) is 0 Å². The van der Waals surface area contributed by atoms with Crippen molar-refractivity contribution in [1.29, 1.82) is 0 Å². The zero-order valence-corrected chi connectivity index (χ0v) is 11.5. The SMILES string of the molecule is CCCNC(CS(C)(=O)=O)c1ccccc1C. The van der Waals surface area contributed by atoms with Crippen LogP contribution >= 0.6 is 0 Å². The lowest BCUT2D eigenvalue weighted by molar-refractivity contribution is 0.548.